The molecule has 1 N–H and O–H groups in total. The Morgan fingerprint density at radius 2 is 2.06 bits per heavy atom. The zero-order chi connectivity index (χ0) is 11.4. The third-order valence-electron chi connectivity index (χ3n) is 2.91. The van der Waals surface area contributed by atoms with E-state index in [9.17, 15) is 4.39 Å². The summed E-state index contributed by atoms with van der Waals surface area (Å²) in [6.07, 6.45) is 2.52. The quantitative estimate of drug-likeness (QED) is 0.765. The highest BCUT2D eigenvalue weighted by Crippen LogP contribution is 2.40. The summed E-state index contributed by atoms with van der Waals surface area (Å²) in [5.41, 5.74) is 1.17. The molecule has 1 unspecified atom stereocenters. The second kappa shape index (κ2) is 5.14. The van der Waals surface area contributed by atoms with Crippen molar-refractivity contribution in [2.75, 3.05) is 6.54 Å². The highest BCUT2D eigenvalue weighted by Gasteiger charge is 2.31. The first-order chi connectivity index (χ1) is 7.81. The summed E-state index contributed by atoms with van der Waals surface area (Å²) in [4.78, 5) is 0. The Bertz CT molecular complexity index is 395. The topological polar surface area (TPSA) is 12.0 Å². The zero-order valence-electron chi connectivity index (χ0n) is 9.46. The fourth-order valence-corrected chi connectivity index (χ4v) is 1.91. The molecule has 1 aliphatic rings. The van der Waals surface area contributed by atoms with E-state index >= 15 is 0 Å². The summed E-state index contributed by atoms with van der Waals surface area (Å²) >= 11 is 0. The van der Waals surface area contributed by atoms with E-state index < -0.39 is 0 Å². The number of hydrogen-bond acceptors (Lipinski definition) is 1. The second-order valence-corrected chi connectivity index (χ2v) is 4.17. The Hall–Kier alpha value is -1.33. The summed E-state index contributed by atoms with van der Waals surface area (Å²) in [6.45, 7) is 2.54. The molecule has 1 aromatic carbocycles. The predicted octanol–water partition coefficient (Wildman–Crippen LogP) is 2.89. The van der Waals surface area contributed by atoms with Crippen LogP contribution in [-0.2, 0) is 0 Å². The second-order valence-electron chi connectivity index (χ2n) is 4.17. The molecule has 0 radical (unpaired) electrons. The first-order valence-corrected chi connectivity index (χ1v) is 5.69. The van der Waals surface area contributed by atoms with Crippen LogP contribution >= 0.6 is 0 Å². The van der Waals surface area contributed by atoms with Crippen LogP contribution in [0.3, 0.4) is 0 Å². The minimum atomic E-state index is -0.174. The van der Waals surface area contributed by atoms with E-state index in [2.05, 4.69) is 17.2 Å². The minimum absolute atomic E-state index is 0.174. The fourth-order valence-electron chi connectivity index (χ4n) is 1.91. The van der Waals surface area contributed by atoms with Gasteiger partial charge in [-0.3, -0.25) is 5.32 Å². The highest BCUT2D eigenvalue weighted by atomic mass is 19.1. The average Bonchev–Trinajstić information content (AvgIpc) is 3.10. The van der Waals surface area contributed by atoms with Crippen molar-refractivity contribution in [1.29, 1.82) is 0 Å². The van der Waals surface area contributed by atoms with Crippen LogP contribution < -0.4 is 5.32 Å². The Morgan fingerprint density at radius 3 is 2.62 bits per heavy atom. The number of rotatable bonds is 4. The van der Waals surface area contributed by atoms with E-state index in [4.69, 9.17) is 0 Å². The Balaban J connectivity index is 2.05. The lowest BCUT2D eigenvalue weighted by Crippen LogP contribution is -2.23. The fraction of sp³-hybridized carbons (Fsp3) is 0.429. The first-order valence-electron chi connectivity index (χ1n) is 5.69. The van der Waals surface area contributed by atoms with Crippen molar-refractivity contribution in [3.63, 3.8) is 0 Å². The molecule has 2 rings (SSSR count). The molecule has 1 nitrogen and oxygen atoms in total. The third kappa shape index (κ3) is 2.84. The number of benzene rings is 1. The monoisotopic (exact) mass is 217 g/mol. The molecule has 1 atom stereocenters. The Kier molecular flexibility index (Phi) is 3.58. The van der Waals surface area contributed by atoms with Gasteiger partial charge in [0.1, 0.15) is 5.82 Å². The van der Waals surface area contributed by atoms with E-state index in [0.717, 1.165) is 0 Å². The van der Waals surface area contributed by atoms with Crippen molar-refractivity contribution < 1.29 is 4.39 Å². The molecule has 2 heteroatoms. The lowest BCUT2D eigenvalue weighted by molar-refractivity contribution is 0.509. The summed E-state index contributed by atoms with van der Waals surface area (Å²) in [7, 11) is 0. The van der Waals surface area contributed by atoms with E-state index in [1.807, 2.05) is 19.1 Å². The SMILES string of the molecule is CC#CCNC(c1ccc(F)cc1)C1CC1. The van der Waals surface area contributed by atoms with Crippen LogP contribution in [0.1, 0.15) is 31.4 Å². The van der Waals surface area contributed by atoms with Crippen molar-refractivity contribution in [3.8, 4) is 11.8 Å². The summed E-state index contributed by atoms with van der Waals surface area (Å²) < 4.78 is 12.8. The normalized spacial score (nSPS) is 16.4. The predicted molar refractivity (Wildman–Crippen MR) is 63.3 cm³/mol. The minimum Gasteiger partial charge on any atom is -0.299 e. The molecule has 0 aromatic heterocycles. The van der Waals surface area contributed by atoms with Gasteiger partial charge in [0.25, 0.3) is 0 Å². The molecule has 0 heterocycles. The molecule has 0 saturated heterocycles. The third-order valence-corrected chi connectivity index (χ3v) is 2.91. The van der Waals surface area contributed by atoms with Crippen LogP contribution in [0.2, 0.25) is 0 Å². The zero-order valence-corrected chi connectivity index (χ0v) is 9.46. The molecular weight excluding hydrogens is 201 g/mol. The number of halogens is 1. The standard InChI is InChI=1S/C14H16FN/c1-2-3-10-16-14(11-4-5-11)12-6-8-13(15)9-7-12/h6-9,11,14,16H,4-5,10H2,1H3. The average molecular weight is 217 g/mol. The molecule has 0 amide bonds. The van der Waals surface area contributed by atoms with Crippen LogP contribution in [0.4, 0.5) is 4.39 Å². The van der Waals surface area contributed by atoms with Gasteiger partial charge >= 0.3 is 0 Å². The van der Waals surface area contributed by atoms with Gasteiger partial charge in [-0.15, -0.1) is 5.92 Å². The van der Waals surface area contributed by atoms with Crippen LogP contribution in [-0.4, -0.2) is 6.54 Å². The summed E-state index contributed by atoms with van der Waals surface area (Å²) in [5.74, 6) is 6.40. The van der Waals surface area contributed by atoms with E-state index in [-0.39, 0.29) is 5.82 Å². The van der Waals surface area contributed by atoms with E-state index in [1.54, 1.807) is 0 Å². The van der Waals surface area contributed by atoms with Gasteiger partial charge in [-0.25, -0.2) is 4.39 Å². The van der Waals surface area contributed by atoms with Gasteiger partial charge in [-0.1, -0.05) is 18.1 Å². The lowest BCUT2D eigenvalue weighted by Gasteiger charge is -2.17. The van der Waals surface area contributed by atoms with E-state index in [1.165, 1.54) is 30.5 Å². The molecule has 16 heavy (non-hydrogen) atoms. The molecule has 1 fully saturated rings. The molecule has 0 aliphatic heterocycles. The van der Waals surface area contributed by atoms with E-state index in [0.29, 0.717) is 18.5 Å². The van der Waals surface area contributed by atoms with Crippen molar-refractivity contribution in [2.45, 2.75) is 25.8 Å². The van der Waals surface area contributed by atoms with Crippen molar-refractivity contribution in [1.82, 2.24) is 5.32 Å². The van der Waals surface area contributed by atoms with Gasteiger partial charge < -0.3 is 0 Å². The smallest absolute Gasteiger partial charge is 0.123 e. The van der Waals surface area contributed by atoms with Gasteiger partial charge in [0.05, 0.1) is 6.54 Å². The molecule has 1 aliphatic carbocycles. The maximum atomic E-state index is 12.8. The summed E-state index contributed by atoms with van der Waals surface area (Å²) in [6, 6.07) is 7.12. The molecule has 0 spiro atoms. The molecule has 0 bridgehead atoms. The van der Waals surface area contributed by atoms with Crippen LogP contribution in [0, 0.1) is 23.6 Å². The molecule has 84 valence electrons. The van der Waals surface area contributed by atoms with Crippen molar-refractivity contribution in [3.05, 3.63) is 35.6 Å². The Labute approximate surface area is 96.1 Å². The first kappa shape index (κ1) is 11.2. The number of nitrogens with one attached hydrogen (secondary N) is 1. The largest absolute Gasteiger partial charge is 0.299 e. The highest BCUT2D eigenvalue weighted by molar-refractivity contribution is 5.22. The van der Waals surface area contributed by atoms with Gasteiger partial charge in [0.2, 0.25) is 0 Å². The lowest BCUT2D eigenvalue weighted by atomic mass is 10.0. The molecule has 1 aromatic rings. The van der Waals surface area contributed by atoms with Crippen molar-refractivity contribution >= 4 is 0 Å². The van der Waals surface area contributed by atoms with Crippen LogP contribution in [0.25, 0.3) is 0 Å². The Morgan fingerprint density at radius 1 is 1.38 bits per heavy atom. The van der Waals surface area contributed by atoms with Gasteiger partial charge in [-0.2, -0.15) is 0 Å². The van der Waals surface area contributed by atoms with Gasteiger partial charge in [0.15, 0.2) is 0 Å². The van der Waals surface area contributed by atoms with Crippen molar-refractivity contribution in [2.24, 2.45) is 5.92 Å². The van der Waals surface area contributed by atoms with Gasteiger partial charge in [0, 0.05) is 6.04 Å². The maximum absolute atomic E-state index is 12.8. The number of hydrogen-bond donors (Lipinski definition) is 1. The molecule has 1 saturated carbocycles. The van der Waals surface area contributed by atoms with Crippen LogP contribution in [0.5, 0.6) is 0 Å². The maximum Gasteiger partial charge on any atom is 0.123 e. The molecular formula is C14H16FN. The summed E-state index contributed by atoms with van der Waals surface area (Å²) in [5, 5.41) is 3.42. The van der Waals surface area contributed by atoms with Gasteiger partial charge in [-0.05, 0) is 43.4 Å². The van der Waals surface area contributed by atoms with Crippen LogP contribution in [0.15, 0.2) is 24.3 Å².